The molecule has 9 nitrogen and oxygen atoms in total. The molecule has 2 aromatic carbocycles. The maximum Gasteiger partial charge on any atom is 0.431 e. The van der Waals surface area contributed by atoms with Crippen LogP contribution >= 0.6 is 0 Å². The summed E-state index contributed by atoms with van der Waals surface area (Å²) in [7, 11) is 1.21. The minimum Gasteiger partial charge on any atom is -0.465 e. The maximum absolute atomic E-state index is 14.6. The molecule has 3 N–H and O–H groups in total. The van der Waals surface area contributed by atoms with Crippen LogP contribution in [0.2, 0.25) is 0 Å². The largest absolute Gasteiger partial charge is 0.465 e. The fourth-order valence-electron chi connectivity index (χ4n) is 4.16. The summed E-state index contributed by atoms with van der Waals surface area (Å²) >= 11 is 0. The van der Waals surface area contributed by atoms with E-state index in [9.17, 15) is 36.3 Å². The van der Waals surface area contributed by atoms with E-state index in [4.69, 9.17) is 5.73 Å². The Bertz CT molecular complexity index is 1390. The average Bonchev–Trinajstić information content (AvgIpc) is 3.39. The zero-order chi connectivity index (χ0) is 31.2. The van der Waals surface area contributed by atoms with E-state index in [0.717, 1.165) is 12.1 Å². The van der Waals surface area contributed by atoms with Crippen LogP contribution in [-0.2, 0) is 31.5 Å². The lowest BCUT2D eigenvalue weighted by Crippen LogP contribution is -2.40. The molecule has 3 rings (SSSR count). The average molecular weight is 597 g/mol. The smallest absolute Gasteiger partial charge is 0.431 e. The van der Waals surface area contributed by atoms with Gasteiger partial charge in [0.25, 0.3) is 5.91 Å². The molecule has 14 heteroatoms. The zero-order valence-corrected chi connectivity index (χ0v) is 22.9. The molecule has 0 radical (unpaired) electrons. The van der Waals surface area contributed by atoms with E-state index in [1.807, 2.05) is 0 Å². The molecule has 1 amide bonds. The highest BCUT2D eigenvalue weighted by atomic mass is 19.4. The van der Waals surface area contributed by atoms with Gasteiger partial charge in [-0.25, -0.2) is 9.59 Å². The fourth-order valence-corrected chi connectivity index (χ4v) is 4.16. The van der Waals surface area contributed by atoms with Gasteiger partial charge >= 0.3 is 24.0 Å². The summed E-state index contributed by atoms with van der Waals surface area (Å²) in [6.45, 7) is 2.53. The van der Waals surface area contributed by atoms with Gasteiger partial charge in [0.1, 0.15) is 17.1 Å². The van der Waals surface area contributed by atoms with Gasteiger partial charge in [0, 0.05) is 18.7 Å². The van der Waals surface area contributed by atoms with Crippen molar-refractivity contribution in [3.8, 4) is 0 Å². The van der Waals surface area contributed by atoms with Crippen molar-refractivity contribution in [2.24, 2.45) is 10.7 Å². The molecular formula is C28H29F5N4O5. The highest BCUT2D eigenvalue weighted by molar-refractivity contribution is 6.21. The van der Waals surface area contributed by atoms with E-state index >= 15 is 0 Å². The van der Waals surface area contributed by atoms with E-state index in [-0.39, 0.29) is 43.2 Å². The van der Waals surface area contributed by atoms with Crippen LogP contribution in [-0.4, -0.2) is 61.6 Å². The summed E-state index contributed by atoms with van der Waals surface area (Å²) < 4.78 is 79.6. The molecule has 0 bridgehead atoms. The van der Waals surface area contributed by atoms with Crippen molar-refractivity contribution >= 4 is 23.7 Å². The van der Waals surface area contributed by atoms with E-state index in [0.29, 0.717) is 5.56 Å². The van der Waals surface area contributed by atoms with Gasteiger partial charge in [0.05, 0.1) is 31.9 Å². The van der Waals surface area contributed by atoms with Crippen LogP contribution in [0.15, 0.2) is 64.8 Å². The van der Waals surface area contributed by atoms with Crippen molar-refractivity contribution in [3.63, 3.8) is 0 Å². The van der Waals surface area contributed by atoms with Crippen LogP contribution in [0.25, 0.3) is 0 Å². The monoisotopic (exact) mass is 596 g/mol. The molecule has 0 spiro atoms. The SMILES string of the molecule is CCOC(=O)C(F)(F)c1cccc(CN2CCN=C2C(C(=O)NC(C)c2ccc(C(=O)OC)cc2)=C(N)C(F)(F)F)c1. The summed E-state index contributed by atoms with van der Waals surface area (Å²) in [6.07, 6.45) is -5.09. The standard InChI is InChI=1S/C28H29F5N4O5/c1-4-42-26(40)27(29,30)20-7-5-6-17(14-20)15-37-13-12-35-23(37)21(22(34)28(31,32)33)24(38)36-16(2)18-8-10-19(11-9-18)25(39)41-3/h5-11,14,16H,4,12-13,15,34H2,1-3H3,(H,36,38). The number of aliphatic imine (C=N–C) groups is 1. The molecule has 1 aliphatic heterocycles. The molecule has 0 aliphatic carbocycles. The zero-order valence-electron chi connectivity index (χ0n) is 22.9. The lowest BCUT2D eigenvalue weighted by molar-refractivity contribution is -0.173. The number of nitrogens with zero attached hydrogens (tertiary/aromatic N) is 2. The predicted octanol–water partition coefficient (Wildman–Crippen LogP) is 3.99. The number of allylic oxidation sites excluding steroid dienone is 1. The third-order valence-electron chi connectivity index (χ3n) is 6.33. The number of amides is 1. The number of methoxy groups -OCH3 is 1. The number of hydrogen-bond acceptors (Lipinski definition) is 8. The first kappa shape index (κ1) is 32.0. The predicted molar refractivity (Wildman–Crippen MR) is 141 cm³/mol. The number of halogens is 5. The molecule has 0 fully saturated rings. The normalized spacial score (nSPS) is 15.0. The van der Waals surface area contributed by atoms with Gasteiger partial charge in [-0.3, -0.25) is 9.79 Å². The first-order valence-electron chi connectivity index (χ1n) is 12.7. The lowest BCUT2D eigenvalue weighted by Gasteiger charge is -2.25. The quantitative estimate of drug-likeness (QED) is 0.242. The van der Waals surface area contributed by atoms with Crippen LogP contribution in [0, 0.1) is 0 Å². The molecule has 42 heavy (non-hydrogen) atoms. The number of carbonyl (C=O) groups excluding carboxylic acids is 3. The molecule has 1 atom stereocenters. The Kier molecular flexibility index (Phi) is 9.91. The number of esters is 2. The Morgan fingerprint density at radius 1 is 1.10 bits per heavy atom. The molecule has 1 aliphatic rings. The van der Waals surface area contributed by atoms with Crippen molar-refractivity contribution in [3.05, 3.63) is 82.1 Å². The Hall–Kier alpha value is -4.49. The van der Waals surface area contributed by atoms with Gasteiger partial charge in [-0.15, -0.1) is 0 Å². The summed E-state index contributed by atoms with van der Waals surface area (Å²) in [6, 6.07) is 9.85. The number of benzene rings is 2. The summed E-state index contributed by atoms with van der Waals surface area (Å²) in [5, 5.41) is 2.48. The number of nitrogens with two attached hydrogens (primary N) is 1. The van der Waals surface area contributed by atoms with Gasteiger partial charge < -0.3 is 25.4 Å². The van der Waals surface area contributed by atoms with E-state index < -0.39 is 52.8 Å². The van der Waals surface area contributed by atoms with Crippen molar-refractivity contribution in [1.29, 1.82) is 0 Å². The maximum atomic E-state index is 14.6. The third-order valence-corrected chi connectivity index (χ3v) is 6.33. The van der Waals surface area contributed by atoms with Crippen LogP contribution in [0.1, 0.15) is 46.9 Å². The van der Waals surface area contributed by atoms with Crippen molar-refractivity contribution < 1.29 is 45.8 Å². The van der Waals surface area contributed by atoms with Crippen molar-refractivity contribution in [1.82, 2.24) is 10.2 Å². The fraction of sp³-hybridized carbons (Fsp3) is 0.357. The number of rotatable bonds is 10. The second-order valence-electron chi connectivity index (χ2n) is 9.22. The molecule has 1 unspecified atom stereocenters. The lowest BCUT2D eigenvalue weighted by atomic mass is 10.0. The minimum atomic E-state index is -5.09. The van der Waals surface area contributed by atoms with E-state index in [2.05, 4.69) is 19.8 Å². The Morgan fingerprint density at radius 2 is 1.76 bits per heavy atom. The van der Waals surface area contributed by atoms with Crippen LogP contribution in [0.4, 0.5) is 22.0 Å². The molecule has 0 saturated heterocycles. The molecule has 0 aromatic heterocycles. The number of alkyl halides is 5. The first-order chi connectivity index (χ1) is 19.7. The van der Waals surface area contributed by atoms with Gasteiger partial charge in [-0.2, -0.15) is 22.0 Å². The van der Waals surface area contributed by atoms with Crippen molar-refractivity contribution in [2.75, 3.05) is 26.8 Å². The van der Waals surface area contributed by atoms with Gasteiger partial charge in [0.15, 0.2) is 0 Å². The Balaban J connectivity index is 1.88. The van der Waals surface area contributed by atoms with Gasteiger partial charge in [0.2, 0.25) is 0 Å². The number of amidine groups is 1. The number of nitrogens with one attached hydrogen (secondary N) is 1. The second kappa shape index (κ2) is 13.0. The topological polar surface area (TPSA) is 123 Å². The molecule has 0 saturated carbocycles. The Labute approximate surface area is 238 Å². The second-order valence-corrected chi connectivity index (χ2v) is 9.22. The van der Waals surface area contributed by atoms with Gasteiger partial charge in [-0.1, -0.05) is 30.3 Å². The third kappa shape index (κ3) is 7.22. The van der Waals surface area contributed by atoms with E-state index in [1.54, 1.807) is 0 Å². The highest BCUT2D eigenvalue weighted by Crippen LogP contribution is 2.31. The van der Waals surface area contributed by atoms with Crippen molar-refractivity contribution in [2.45, 2.75) is 38.5 Å². The summed E-state index contributed by atoms with van der Waals surface area (Å²) in [5.41, 5.74) is 3.11. The van der Waals surface area contributed by atoms with E-state index in [1.165, 1.54) is 62.3 Å². The molecule has 226 valence electrons. The number of carbonyl (C=O) groups is 3. The van der Waals surface area contributed by atoms with Crippen LogP contribution in [0.5, 0.6) is 0 Å². The summed E-state index contributed by atoms with van der Waals surface area (Å²) in [4.78, 5) is 42.1. The van der Waals surface area contributed by atoms with Gasteiger partial charge in [-0.05, 0) is 43.2 Å². The molecular weight excluding hydrogens is 567 g/mol. The van der Waals surface area contributed by atoms with Crippen LogP contribution < -0.4 is 11.1 Å². The molecule has 2 aromatic rings. The first-order valence-corrected chi connectivity index (χ1v) is 12.7. The summed E-state index contributed by atoms with van der Waals surface area (Å²) in [5.74, 6) is -7.80. The Morgan fingerprint density at radius 3 is 2.36 bits per heavy atom. The minimum absolute atomic E-state index is 0.0144. The molecule has 1 heterocycles. The van der Waals surface area contributed by atoms with Crippen LogP contribution in [0.3, 0.4) is 0 Å². The number of hydrogen-bond donors (Lipinski definition) is 2. The number of ether oxygens (including phenoxy) is 2. The highest BCUT2D eigenvalue weighted by Gasteiger charge is 2.43.